The minimum absolute atomic E-state index is 0.133. The molecule has 1 atom stereocenters. The van der Waals surface area contributed by atoms with Crippen LogP contribution in [0.4, 0.5) is 0 Å². The van der Waals surface area contributed by atoms with E-state index in [4.69, 9.17) is 5.26 Å². The number of nitrogens with zero attached hydrogens (tertiary/aromatic N) is 1. The highest BCUT2D eigenvalue weighted by Crippen LogP contribution is 2.13. The van der Waals surface area contributed by atoms with Crippen LogP contribution in [0.2, 0.25) is 0 Å². The van der Waals surface area contributed by atoms with Crippen molar-refractivity contribution in [2.24, 2.45) is 0 Å². The zero-order chi connectivity index (χ0) is 19.9. The summed E-state index contributed by atoms with van der Waals surface area (Å²) in [7, 11) is -2.44. The van der Waals surface area contributed by atoms with E-state index in [1.165, 1.54) is 36.4 Å². The number of nitriles is 1. The van der Waals surface area contributed by atoms with Crippen LogP contribution in [0.25, 0.3) is 0 Å². The molecule has 140 valence electrons. The van der Waals surface area contributed by atoms with Gasteiger partial charge in [0.15, 0.2) is 9.84 Å². The van der Waals surface area contributed by atoms with Crippen LogP contribution in [-0.2, 0) is 19.4 Å². The van der Waals surface area contributed by atoms with E-state index in [-0.39, 0.29) is 22.6 Å². The third-order valence-electron chi connectivity index (χ3n) is 3.84. The van der Waals surface area contributed by atoms with E-state index in [0.717, 1.165) is 7.11 Å². The molecule has 0 unspecified atom stereocenters. The first-order valence-electron chi connectivity index (χ1n) is 8.04. The van der Waals surface area contributed by atoms with E-state index in [2.05, 4.69) is 10.1 Å². The minimum atomic E-state index is -3.60. The Morgan fingerprint density at radius 2 is 1.74 bits per heavy atom. The Kier molecular flexibility index (Phi) is 6.68. The molecule has 2 aromatic rings. The van der Waals surface area contributed by atoms with E-state index in [0.29, 0.717) is 5.56 Å². The lowest BCUT2D eigenvalue weighted by Gasteiger charge is -2.16. The Labute approximate surface area is 157 Å². The number of hydrogen-bond acceptors (Lipinski definition) is 6. The molecule has 7 nitrogen and oxygen atoms in total. The normalized spacial score (nSPS) is 11.9. The van der Waals surface area contributed by atoms with Gasteiger partial charge in [-0.05, 0) is 42.8 Å². The molecule has 0 saturated carbocycles. The average Bonchev–Trinajstić information content (AvgIpc) is 2.71. The summed E-state index contributed by atoms with van der Waals surface area (Å²) in [6, 6.07) is 14.5. The van der Waals surface area contributed by atoms with Crippen LogP contribution in [0, 0.1) is 11.3 Å². The summed E-state index contributed by atoms with van der Waals surface area (Å²) in [6.45, 7) is 0. The van der Waals surface area contributed by atoms with Gasteiger partial charge in [0.1, 0.15) is 6.04 Å². The minimum Gasteiger partial charge on any atom is -0.467 e. The van der Waals surface area contributed by atoms with E-state index in [9.17, 15) is 18.0 Å². The lowest BCUT2D eigenvalue weighted by molar-refractivity contribution is -0.142. The van der Waals surface area contributed by atoms with Crippen molar-refractivity contribution in [3.63, 3.8) is 0 Å². The second kappa shape index (κ2) is 8.96. The van der Waals surface area contributed by atoms with Crippen molar-refractivity contribution < 1.29 is 22.7 Å². The Balaban J connectivity index is 2.10. The molecule has 0 aromatic heterocycles. The van der Waals surface area contributed by atoms with Crippen LogP contribution in [0.15, 0.2) is 59.5 Å². The number of carbonyl (C=O) groups is 2. The van der Waals surface area contributed by atoms with Gasteiger partial charge in [-0.2, -0.15) is 5.26 Å². The van der Waals surface area contributed by atoms with Gasteiger partial charge in [0.25, 0.3) is 5.91 Å². The summed E-state index contributed by atoms with van der Waals surface area (Å²) in [5, 5.41) is 11.3. The van der Waals surface area contributed by atoms with Gasteiger partial charge < -0.3 is 10.1 Å². The Bertz CT molecular complexity index is 948. The van der Waals surface area contributed by atoms with Gasteiger partial charge in [-0.1, -0.05) is 18.2 Å². The van der Waals surface area contributed by atoms with Crippen LogP contribution in [0.3, 0.4) is 0 Å². The second-order valence-corrected chi connectivity index (χ2v) is 7.77. The average molecular weight is 386 g/mol. The summed E-state index contributed by atoms with van der Waals surface area (Å²) < 4.78 is 29.4. The summed E-state index contributed by atoms with van der Waals surface area (Å²) in [5.74, 6) is -1.63. The van der Waals surface area contributed by atoms with Crippen LogP contribution >= 0.6 is 0 Å². The molecule has 8 heteroatoms. The lowest BCUT2D eigenvalue weighted by Crippen LogP contribution is -2.42. The van der Waals surface area contributed by atoms with Gasteiger partial charge in [-0.25, -0.2) is 13.2 Å². The number of esters is 1. The number of nitrogens with one attached hydrogen (secondary N) is 1. The van der Waals surface area contributed by atoms with E-state index in [1.807, 2.05) is 6.07 Å². The van der Waals surface area contributed by atoms with Crippen molar-refractivity contribution in [3.05, 3.63) is 65.7 Å². The predicted molar refractivity (Wildman–Crippen MR) is 97.5 cm³/mol. The number of methoxy groups -OCH3 is 1. The van der Waals surface area contributed by atoms with E-state index in [1.54, 1.807) is 18.2 Å². The molecule has 0 aliphatic rings. The van der Waals surface area contributed by atoms with Crippen molar-refractivity contribution in [2.75, 3.05) is 12.9 Å². The fourth-order valence-corrected chi connectivity index (χ4v) is 3.70. The molecule has 0 heterocycles. The van der Waals surface area contributed by atoms with Gasteiger partial charge in [0, 0.05) is 5.56 Å². The molecule has 0 bridgehead atoms. The maximum absolute atomic E-state index is 12.4. The quantitative estimate of drug-likeness (QED) is 0.725. The molecule has 0 fully saturated rings. The Morgan fingerprint density at radius 3 is 2.30 bits per heavy atom. The van der Waals surface area contributed by atoms with Gasteiger partial charge >= 0.3 is 5.97 Å². The highest BCUT2D eigenvalue weighted by Gasteiger charge is 2.25. The molecule has 0 spiro atoms. The lowest BCUT2D eigenvalue weighted by atomic mass is 10.1. The van der Waals surface area contributed by atoms with Crippen molar-refractivity contribution in [1.82, 2.24) is 5.32 Å². The number of amides is 1. The zero-order valence-corrected chi connectivity index (χ0v) is 15.4. The summed E-state index contributed by atoms with van der Waals surface area (Å²) in [6.07, 6.45) is -0.133. The molecular formula is C19H18N2O5S. The van der Waals surface area contributed by atoms with E-state index < -0.39 is 27.8 Å². The fraction of sp³-hybridized carbons (Fsp3) is 0.211. The third-order valence-corrected chi connectivity index (χ3v) is 5.61. The maximum Gasteiger partial charge on any atom is 0.328 e. The topological polar surface area (TPSA) is 113 Å². The standard InChI is InChI=1S/C19H18N2O5S/c1-26-19(23)17(11-12-27(24,25)16-5-3-2-4-6-16)21-18(22)15-9-7-14(13-20)8-10-15/h2-10,17H,11-12H2,1H3,(H,21,22)/t17-/m0/s1. The number of carbonyl (C=O) groups excluding carboxylic acids is 2. The van der Waals surface area contributed by atoms with Crippen molar-refractivity contribution in [2.45, 2.75) is 17.4 Å². The van der Waals surface area contributed by atoms with Crippen molar-refractivity contribution >= 4 is 21.7 Å². The predicted octanol–water partition coefficient (Wildman–Crippen LogP) is 1.69. The smallest absolute Gasteiger partial charge is 0.328 e. The van der Waals surface area contributed by atoms with E-state index >= 15 is 0 Å². The number of benzene rings is 2. The number of ether oxygens (including phenoxy) is 1. The Morgan fingerprint density at radius 1 is 1.11 bits per heavy atom. The molecular weight excluding hydrogens is 368 g/mol. The molecule has 0 radical (unpaired) electrons. The van der Waals surface area contributed by atoms with Crippen LogP contribution in [-0.4, -0.2) is 39.2 Å². The molecule has 27 heavy (non-hydrogen) atoms. The number of sulfone groups is 1. The van der Waals surface area contributed by atoms with Gasteiger partial charge in [0.05, 0.1) is 29.4 Å². The molecule has 1 N–H and O–H groups in total. The highest BCUT2D eigenvalue weighted by molar-refractivity contribution is 7.91. The molecule has 0 aliphatic carbocycles. The van der Waals surface area contributed by atoms with Crippen molar-refractivity contribution in [3.8, 4) is 6.07 Å². The van der Waals surface area contributed by atoms with Crippen LogP contribution in [0.5, 0.6) is 0 Å². The largest absolute Gasteiger partial charge is 0.467 e. The van der Waals surface area contributed by atoms with Crippen LogP contribution < -0.4 is 5.32 Å². The summed E-state index contributed by atoms with van der Waals surface area (Å²) >= 11 is 0. The summed E-state index contributed by atoms with van der Waals surface area (Å²) in [5.41, 5.74) is 0.638. The first kappa shape index (κ1) is 20.1. The fourth-order valence-electron chi connectivity index (χ4n) is 2.35. The third kappa shape index (κ3) is 5.39. The first-order chi connectivity index (χ1) is 12.9. The highest BCUT2D eigenvalue weighted by atomic mass is 32.2. The molecule has 2 aromatic carbocycles. The first-order valence-corrected chi connectivity index (χ1v) is 9.69. The number of rotatable bonds is 7. The monoisotopic (exact) mass is 386 g/mol. The zero-order valence-electron chi connectivity index (χ0n) is 14.6. The molecule has 0 aliphatic heterocycles. The Hall–Kier alpha value is -3.18. The molecule has 0 saturated heterocycles. The molecule has 2 rings (SSSR count). The summed E-state index contributed by atoms with van der Waals surface area (Å²) in [4.78, 5) is 24.4. The SMILES string of the molecule is COC(=O)[C@H](CCS(=O)(=O)c1ccccc1)NC(=O)c1ccc(C#N)cc1. The second-order valence-electron chi connectivity index (χ2n) is 5.66. The van der Waals surface area contributed by atoms with Gasteiger partial charge in [-0.15, -0.1) is 0 Å². The maximum atomic E-state index is 12.4. The van der Waals surface area contributed by atoms with Crippen LogP contribution in [0.1, 0.15) is 22.3 Å². The van der Waals surface area contributed by atoms with Gasteiger partial charge in [-0.3, -0.25) is 4.79 Å². The van der Waals surface area contributed by atoms with Gasteiger partial charge in [0.2, 0.25) is 0 Å². The molecule has 1 amide bonds. The number of hydrogen-bond donors (Lipinski definition) is 1. The van der Waals surface area contributed by atoms with Crippen molar-refractivity contribution in [1.29, 1.82) is 5.26 Å².